The van der Waals surface area contributed by atoms with E-state index in [0.29, 0.717) is 16.1 Å². The predicted octanol–water partition coefficient (Wildman–Crippen LogP) is 5.10. The number of rotatable bonds is 2. The Bertz CT molecular complexity index is 564. The third kappa shape index (κ3) is 2.97. The minimum atomic E-state index is -0.0492. The normalized spacial score (nSPS) is 10.3. The molecule has 2 rings (SSSR count). The van der Waals surface area contributed by atoms with Crippen LogP contribution in [-0.2, 0) is 0 Å². The van der Waals surface area contributed by atoms with Crippen molar-refractivity contribution in [1.82, 2.24) is 0 Å². The first-order valence-electron chi connectivity index (χ1n) is 4.83. The first kappa shape index (κ1) is 12.8. The average molecular weight is 374 g/mol. The summed E-state index contributed by atoms with van der Waals surface area (Å²) >= 11 is 12.6. The Balaban J connectivity index is 2.43. The number of halogens is 3. The van der Waals surface area contributed by atoms with Crippen molar-refractivity contribution in [2.24, 2.45) is 0 Å². The molecule has 0 saturated heterocycles. The summed E-state index contributed by atoms with van der Waals surface area (Å²) in [5.74, 6) is -0.0492. The van der Waals surface area contributed by atoms with E-state index in [9.17, 15) is 4.79 Å². The van der Waals surface area contributed by atoms with Gasteiger partial charge in [0.15, 0.2) is 5.78 Å². The van der Waals surface area contributed by atoms with Gasteiger partial charge in [-0.3, -0.25) is 4.79 Å². The maximum absolute atomic E-state index is 12.2. The molecule has 1 nitrogen and oxygen atoms in total. The Morgan fingerprint density at radius 2 is 1.65 bits per heavy atom. The van der Waals surface area contributed by atoms with Gasteiger partial charge in [0, 0.05) is 25.1 Å². The van der Waals surface area contributed by atoms with Gasteiger partial charge in [0.25, 0.3) is 0 Å². The van der Waals surface area contributed by atoms with Crippen molar-refractivity contribution >= 4 is 49.2 Å². The summed E-state index contributed by atoms with van der Waals surface area (Å²) in [4.78, 5) is 12.2. The van der Waals surface area contributed by atoms with Crippen LogP contribution in [0.1, 0.15) is 15.9 Å². The van der Waals surface area contributed by atoms with Gasteiger partial charge in [0.05, 0.1) is 0 Å². The summed E-state index contributed by atoms with van der Waals surface area (Å²) in [6, 6.07) is 12.4. The van der Waals surface area contributed by atoms with Crippen molar-refractivity contribution in [2.75, 3.05) is 0 Å². The molecule has 0 atom stereocenters. The highest BCUT2D eigenvalue weighted by Gasteiger charge is 2.12. The molecule has 0 unspecified atom stereocenters. The molecule has 0 aromatic heterocycles. The smallest absolute Gasteiger partial charge is 0.194 e. The molecule has 2 aromatic carbocycles. The minimum absolute atomic E-state index is 0.0492. The molecule has 0 heterocycles. The predicted molar refractivity (Wildman–Crippen MR) is 76.7 cm³/mol. The highest BCUT2D eigenvalue weighted by atomic mass is 79.9. The summed E-state index contributed by atoms with van der Waals surface area (Å²) in [5, 5.41) is 0.550. The Labute approximate surface area is 121 Å². The standard InChI is InChI=1S/C13H7Br2ClO/c14-9-3-1-8(2-4-9)13(17)11-7-10(16)5-6-12(11)15/h1-7H. The van der Waals surface area contributed by atoms with E-state index in [1.807, 2.05) is 12.1 Å². The lowest BCUT2D eigenvalue weighted by Crippen LogP contribution is -2.02. The Morgan fingerprint density at radius 1 is 1.00 bits per heavy atom. The quantitative estimate of drug-likeness (QED) is 0.669. The van der Waals surface area contributed by atoms with Gasteiger partial charge in [-0.1, -0.05) is 43.5 Å². The van der Waals surface area contributed by atoms with Crippen molar-refractivity contribution in [3.8, 4) is 0 Å². The lowest BCUT2D eigenvalue weighted by atomic mass is 10.0. The fourth-order valence-electron chi connectivity index (χ4n) is 1.43. The molecule has 86 valence electrons. The number of carbonyl (C=O) groups excluding carboxylic acids is 1. The van der Waals surface area contributed by atoms with E-state index in [1.54, 1.807) is 30.3 Å². The molecule has 4 heteroatoms. The SMILES string of the molecule is O=C(c1ccc(Br)cc1)c1cc(Cl)ccc1Br. The van der Waals surface area contributed by atoms with Gasteiger partial charge < -0.3 is 0 Å². The first-order valence-corrected chi connectivity index (χ1v) is 6.79. The molecule has 0 aliphatic heterocycles. The van der Waals surface area contributed by atoms with Crippen molar-refractivity contribution in [3.05, 3.63) is 67.6 Å². The van der Waals surface area contributed by atoms with Crippen LogP contribution in [0.15, 0.2) is 51.4 Å². The average Bonchev–Trinajstić information content (AvgIpc) is 2.32. The highest BCUT2D eigenvalue weighted by Crippen LogP contribution is 2.24. The first-order chi connectivity index (χ1) is 8.08. The van der Waals surface area contributed by atoms with Gasteiger partial charge >= 0.3 is 0 Å². The van der Waals surface area contributed by atoms with Crippen LogP contribution >= 0.6 is 43.5 Å². The molecule has 0 fully saturated rings. The lowest BCUT2D eigenvalue weighted by Gasteiger charge is -2.04. The van der Waals surface area contributed by atoms with Gasteiger partial charge in [-0.05, 0) is 42.5 Å². The van der Waals surface area contributed by atoms with Crippen molar-refractivity contribution in [2.45, 2.75) is 0 Å². The van der Waals surface area contributed by atoms with Crippen molar-refractivity contribution in [1.29, 1.82) is 0 Å². The molecule has 0 spiro atoms. The van der Waals surface area contributed by atoms with Crippen LogP contribution in [0.4, 0.5) is 0 Å². The molecule has 0 N–H and O–H groups in total. The monoisotopic (exact) mass is 372 g/mol. The summed E-state index contributed by atoms with van der Waals surface area (Å²) in [6.45, 7) is 0. The van der Waals surface area contributed by atoms with Gasteiger partial charge in [0.2, 0.25) is 0 Å². The second-order valence-corrected chi connectivity index (χ2v) is 5.67. The van der Waals surface area contributed by atoms with Gasteiger partial charge in [-0.2, -0.15) is 0 Å². The second-order valence-electron chi connectivity index (χ2n) is 3.46. The Hall–Kier alpha value is -0.640. The fraction of sp³-hybridized carbons (Fsp3) is 0. The largest absolute Gasteiger partial charge is 0.289 e. The summed E-state index contributed by atoms with van der Waals surface area (Å²) in [7, 11) is 0. The number of carbonyl (C=O) groups is 1. The molecule has 0 bridgehead atoms. The maximum atomic E-state index is 12.2. The van der Waals surface area contributed by atoms with E-state index in [4.69, 9.17) is 11.6 Å². The van der Waals surface area contributed by atoms with Crippen LogP contribution in [0.2, 0.25) is 5.02 Å². The van der Waals surface area contributed by atoms with Crippen LogP contribution in [0.5, 0.6) is 0 Å². The van der Waals surface area contributed by atoms with Gasteiger partial charge in [-0.25, -0.2) is 0 Å². The van der Waals surface area contributed by atoms with Crippen LogP contribution in [0, 0.1) is 0 Å². The molecule has 0 radical (unpaired) electrons. The van der Waals surface area contributed by atoms with Crippen LogP contribution in [0.3, 0.4) is 0 Å². The molecular formula is C13H7Br2ClO. The van der Waals surface area contributed by atoms with Crippen molar-refractivity contribution in [3.63, 3.8) is 0 Å². The van der Waals surface area contributed by atoms with Crippen molar-refractivity contribution < 1.29 is 4.79 Å². The topological polar surface area (TPSA) is 17.1 Å². The second kappa shape index (κ2) is 5.34. The summed E-state index contributed by atoms with van der Waals surface area (Å²) in [6.07, 6.45) is 0. The number of hydrogen-bond acceptors (Lipinski definition) is 1. The zero-order valence-electron chi connectivity index (χ0n) is 8.58. The lowest BCUT2D eigenvalue weighted by molar-refractivity contribution is 0.103. The van der Waals surface area contributed by atoms with Gasteiger partial charge in [0.1, 0.15) is 0 Å². The molecular weight excluding hydrogens is 367 g/mol. The van der Waals surface area contributed by atoms with E-state index < -0.39 is 0 Å². The summed E-state index contributed by atoms with van der Waals surface area (Å²) < 4.78 is 1.69. The van der Waals surface area contributed by atoms with Gasteiger partial charge in [-0.15, -0.1) is 0 Å². The number of hydrogen-bond donors (Lipinski definition) is 0. The fourth-order valence-corrected chi connectivity index (χ4v) is 2.29. The Kier molecular flexibility index (Phi) is 4.02. The molecule has 17 heavy (non-hydrogen) atoms. The zero-order chi connectivity index (χ0) is 12.4. The van der Waals surface area contributed by atoms with Crippen LogP contribution in [0.25, 0.3) is 0 Å². The zero-order valence-corrected chi connectivity index (χ0v) is 12.5. The number of ketones is 1. The van der Waals surface area contributed by atoms with E-state index in [0.717, 1.165) is 8.95 Å². The van der Waals surface area contributed by atoms with Crippen LogP contribution in [-0.4, -0.2) is 5.78 Å². The molecule has 0 amide bonds. The van der Waals surface area contributed by atoms with Crippen LogP contribution < -0.4 is 0 Å². The van der Waals surface area contributed by atoms with E-state index in [2.05, 4.69) is 31.9 Å². The molecule has 0 aliphatic carbocycles. The van der Waals surface area contributed by atoms with E-state index >= 15 is 0 Å². The maximum Gasteiger partial charge on any atom is 0.194 e. The summed E-state index contributed by atoms with van der Waals surface area (Å²) in [5.41, 5.74) is 1.20. The molecule has 2 aromatic rings. The molecule has 0 saturated carbocycles. The highest BCUT2D eigenvalue weighted by molar-refractivity contribution is 9.10. The number of benzene rings is 2. The van der Waals surface area contributed by atoms with E-state index in [1.165, 1.54) is 0 Å². The Morgan fingerprint density at radius 3 is 2.29 bits per heavy atom. The van der Waals surface area contributed by atoms with E-state index in [-0.39, 0.29) is 5.78 Å². The third-order valence-corrected chi connectivity index (χ3v) is 3.73. The molecule has 0 aliphatic rings. The minimum Gasteiger partial charge on any atom is -0.289 e. The third-order valence-electron chi connectivity index (χ3n) is 2.28.